The van der Waals surface area contributed by atoms with Gasteiger partial charge in [-0.25, -0.2) is 19.5 Å². The summed E-state index contributed by atoms with van der Waals surface area (Å²) in [6.45, 7) is 8.68. The highest BCUT2D eigenvalue weighted by molar-refractivity contribution is 6.22. The summed E-state index contributed by atoms with van der Waals surface area (Å²) in [7, 11) is 0. The molecule has 3 saturated heterocycles. The molecule has 4 heterocycles. The van der Waals surface area contributed by atoms with Gasteiger partial charge in [-0.3, -0.25) is 14.6 Å². The van der Waals surface area contributed by atoms with E-state index in [4.69, 9.17) is 10.00 Å². The Morgan fingerprint density at radius 3 is 2.71 bits per heavy atom. The van der Waals surface area contributed by atoms with Gasteiger partial charge in [0.25, 0.3) is 5.91 Å². The number of carbonyl (C=O) groups excluding carboxylic acids is 3. The largest absolute Gasteiger partial charge is 0.446 e. The van der Waals surface area contributed by atoms with E-state index in [1.54, 1.807) is 17.9 Å². The molecule has 0 N–H and O–H groups in total. The van der Waals surface area contributed by atoms with E-state index < -0.39 is 18.2 Å². The van der Waals surface area contributed by atoms with Crippen LogP contribution in [-0.2, 0) is 9.53 Å². The van der Waals surface area contributed by atoms with Crippen molar-refractivity contribution in [3.05, 3.63) is 23.5 Å². The second-order valence-electron chi connectivity index (χ2n) is 10.7. The van der Waals surface area contributed by atoms with Crippen molar-refractivity contribution in [2.75, 3.05) is 11.4 Å². The number of urea groups is 1. The van der Waals surface area contributed by atoms with Crippen LogP contribution in [0.2, 0.25) is 0 Å². The van der Waals surface area contributed by atoms with Gasteiger partial charge in [-0.2, -0.15) is 5.26 Å². The summed E-state index contributed by atoms with van der Waals surface area (Å²) in [6, 6.07) is 2.61. The fourth-order valence-corrected chi connectivity index (χ4v) is 6.34. The zero-order chi connectivity index (χ0) is 24.3. The Labute approximate surface area is 199 Å². The maximum absolute atomic E-state index is 13.4. The summed E-state index contributed by atoms with van der Waals surface area (Å²) in [4.78, 5) is 48.2. The molecule has 1 saturated carbocycles. The first-order valence-electron chi connectivity index (χ1n) is 12.2. The maximum Gasteiger partial charge on any atom is 0.411 e. The number of rotatable bonds is 3. The number of aromatic nitrogens is 1. The van der Waals surface area contributed by atoms with E-state index >= 15 is 0 Å². The normalized spacial score (nSPS) is 32.4. The van der Waals surface area contributed by atoms with Crippen LogP contribution in [0.25, 0.3) is 0 Å². The lowest BCUT2D eigenvalue weighted by atomic mass is 9.75. The number of hydrogen-bond acceptors (Lipinski definition) is 6. The van der Waals surface area contributed by atoms with Gasteiger partial charge in [-0.15, -0.1) is 0 Å². The average molecular weight is 466 g/mol. The molecule has 1 aliphatic carbocycles. The summed E-state index contributed by atoms with van der Waals surface area (Å²) < 4.78 is 6.05. The predicted molar refractivity (Wildman–Crippen MR) is 122 cm³/mol. The number of amides is 4. The third kappa shape index (κ3) is 3.42. The van der Waals surface area contributed by atoms with Gasteiger partial charge in [-0.05, 0) is 55.6 Å². The standard InChI is InChI=1S/C25H31N5O4/c1-13(2)18-6-5-14(3)7-20(18)34-25(33)28-12-16-9-21(28)30-22(16)23(31)29(24(30)32)17-8-15(4)19(10-26)27-11-17/h8,11,13-14,16,18,20-22H,5-7,9,12H2,1-4H3/t14-,16+,18+,20-,21+,22-/m0/s1. The number of likely N-dealkylation sites (tertiary alicyclic amines) is 1. The zero-order valence-corrected chi connectivity index (χ0v) is 20.1. The summed E-state index contributed by atoms with van der Waals surface area (Å²) >= 11 is 0. The molecule has 5 rings (SSSR count). The Morgan fingerprint density at radius 2 is 2.03 bits per heavy atom. The Bertz CT molecular complexity index is 1080. The quantitative estimate of drug-likeness (QED) is 0.631. The lowest BCUT2D eigenvalue weighted by Gasteiger charge is -2.40. The fraction of sp³-hybridized carbons (Fsp3) is 0.640. The predicted octanol–water partition coefficient (Wildman–Crippen LogP) is 3.66. The van der Waals surface area contributed by atoms with E-state index in [1.165, 1.54) is 11.1 Å². The van der Waals surface area contributed by atoms with Crippen molar-refractivity contribution >= 4 is 23.7 Å². The molecule has 0 spiro atoms. The molecule has 0 radical (unpaired) electrons. The number of aryl methyl sites for hydroxylation is 1. The second kappa shape index (κ2) is 8.26. The highest BCUT2D eigenvalue weighted by Gasteiger charge is 2.63. The second-order valence-corrected chi connectivity index (χ2v) is 10.7. The summed E-state index contributed by atoms with van der Waals surface area (Å²) in [5.41, 5.74) is 1.21. The zero-order valence-electron chi connectivity index (χ0n) is 20.1. The number of nitrogens with zero attached hydrogens (tertiary/aromatic N) is 5. The van der Waals surface area contributed by atoms with Crippen LogP contribution in [0.5, 0.6) is 0 Å². The van der Waals surface area contributed by atoms with Crippen molar-refractivity contribution in [1.82, 2.24) is 14.8 Å². The molecular formula is C25H31N5O4. The lowest BCUT2D eigenvalue weighted by molar-refractivity contribution is -0.121. The monoisotopic (exact) mass is 465 g/mol. The summed E-state index contributed by atoms with van der Waals surface area (Å²) in [6.07, 6.45) is 4.05. The van der Waals surface area contributed by atoms with Crippen LogP contribution < -0.4 is 4.90 Å². The Balaban J connectivity index is 1.34. The van der Waals surface area contributed by atoms with Crippen LogP contribution in [-0.4, -0.2) is 57.7 Å². The lowest BCUT2D eigenvalue weighted by Crippen LogP contribution is -2.55. The number of anilines is 1. The van der Waals surface area contributed by atoms with E-state index in [-0.39, 0.29) is 29.7 Å². The van der Waals surface area contributed by atoms with Crippen molar-refractivity contribution in [1.29, 1.82) is 5.26 Å². The Hall–Kier alpha value is -3.15. The van der Waals surface area contributed by atoms with Gasteiger partial charge in [0.1, 0.15) is 30.1 Å². The minimum atomic E-state index is -0.574. The molecule has 2 bridgehead atoms. The molecule has 6 atom stereocenters. The molecule has 1 aromatic rings. The first kappa shape index (κ1) is 22.6. The van der Waals surface area contributed by atoms with Gasteiger partial charge in [0.15, 0.2) is 0 Å². The van der Waals surface area contributed by atoms with Gasteiger partial charge in [-0.1, -0.05) is 27.2 Å². The summed E-state index contributed by atoms with van der Waals surface area (Å²) in [5.74, 6) is 0.879. The Morgan fingerprint density at radius 1 is 1.26 bits per heavy atom. The van der Waals surface area contributed by atoms with Crippen LogP contribution in [0.4, 0.5) is 15.3 Å². The molecule has 0 unspecified atom stereocenters. The highest BCUT2D eigenvalue weighted by atomic mass is 16.6. The number of fused-ring (bicyclic) bond motifs is 5. The maximum atomic E-state index is 13.4. The van der Waals surface area contributed by atoms with Gasteiger partial charge in [0.05, 0.1) is 11.9 Å². The smallest absolute Gasteiger partial charge is 0.411 e. The first-order valence-corrected chi connectivity index (χ1v) is 12.2. The van der Waals surface area contributed by atoms with Crippen LogP contribution >= 0.6 is 0 Å². The van der Waals surface area contributed by atoms with Crippen LogP contribution in [0.3, 0.4) is 0 Å². The number of imide groups is 1. The SMILES string of the molecule is Cc1cc(N2C(=O)[C@@H]3[C@@H]4C[C@H](N(C(=O)O[C@H]5C[C@@H](C)CC[C@@H]5C(C)C)C4)N3C2=O)cnc1C#N. The van der Waals surface area contributed by atoms with Crippen molar-refractivity contribution < 1.29 is 19.1 Å². The molecule has 9 heteroatoms. The number of hydrogen-bond donors (Lipinski definition) is 0. The Kier molecular flexibility index (Phi) is 5.50. The van der Waals surface area contributed by atoms with Crippen LogP contribution in [0.15, 0.2) is 12.3 Å². The van der Waals surface area contributed by atoms with Gasteiger partial charge in [0.2, 0.25) is 0 Å². The minimum absolute atomic E-state index is 0.113. The molecule has 34 heavy (non-hydrogen) atoms. The average Bonchev–Trinajstić information content (AvgIpc) is 3.45. The molecule has 1 aromatic heterocycles. The van der Waals surface area contributed by atoms with Crippen molar-refractivity contribution in [3.8, 4) is 6.07 Å². The molecular weight excluding hydrogens is 434 g/mol. The third-order valence-electron chi connectivity index (χ3n) is 8.13. The van der Waals surface area contributed by atoms with Crippen molar-refractivity contribution in [2.24, 2.45) is 23.7 Å². The number of pyridine rings is 1. The highest BCUT2D eigenvalue weighted by Crippen LogP contribution is 2.45. The van der Waals surface area contributed by atoms with Crippen molar-refractivity contribution in [2.45, 2.75) is 71.7 Å². The number of nitriles is 1. The molecule has 180 valence electrons. The van der Waals surface area contributed by atoms with E-state index in [0.29, 0.717) is 42.0 Å². The van der Waals surface area contributed by atoms with Crippen LogP contribution in [0, 0.1) is 41.9 Å². The summed E-state index contributed by atoms with van der Waals surface area (Å²) in [5, 5.41) is 9.13. The molecule has 0 aromatic carbocycles. The van der Waals surface area contributed by atoms with E-state index in [1.807, 2.05) is 6.07 Å². The molecule has 4 amide bonds. The van der Waals surface area contributed by atoms with Gasteiger partial charge in [0, 0.05) is 12.5 Å². The number of carbonyl (C=O) groups is 3. The van der Waals surface area contributed by atoms with Gasteiger partial charge < -0.3 is 4.74 Å². The van der Waals surface area contributed by atoms with E-state index in [2.05, 4.69) is 25.8 Å². The molecule has 4 fully saturated rings. The number of ether oxygens (including phenoxy) is 1. The molecule has 9 nitrogen and oxygen atoms in total. The third-order valence-corrected chi connectivity index (χ3v) is 8.13. The van der Waals surface area contributed by atoms with E-state index in [0.717, 1.165) is 24.2 Å². The van der Waals surface area contributed by atoms with Crippen molar-refractivity contribution in [3.63, 3.8) is 0 Å². The fourth-order valence-electron chi connectivity index (χ4n) is 6.34. The first-order chi connectivity index (χ1) is 16.2. The van der Waals surface area contributed by atoms with Gasteiger partial charge >= 0.3 is 12.1 Å². The topological polar surface area (TPSA) is 107 Å². The minimum Gasteiger partial charge on any atom is -0.446 e. The van der Waals surface area contributed by atoms with E-state index in [9.17, 15) is 14.4 Å². The van der Waals surface area contributed by atoms with Crippen LogP contribution in [0.1, 0.15) is 57.7 Å². The molecule has 4 aliphatic rings. The molecule has 3 aliphatic heterocycles.